The Morgan fingerprint density at radius 1 is 1.23 bits per heavy atom. The fraction of sp³-hybridized carbons (Fsp3) is 0.214. The van der Waals surface area contributed by atoms with Gasteiger partial charge in [-0.3, -0.25) is 9.98 Å². The number of aromatic nitrogens is 1. The molecule has 0 saturated carbocycles. The van der Waals surface area contributed by atoms with Crippen LogP contribution in [0.4, 0.5) is 0 Å². The first kappa shape index (κ1) is 23.8. The van der Waals surface area contributed by atoms with E-state index in [1.54, 1.807) is 12.4 Å². The lowest BCUT2D eigenvalue weighted by molar-refractivity contribution is 0.243. The van der Waals surface area contributed by atoms with Gasteiger partial charge in [0.15, 0.2) is 6.10 Å². The molecule has 0 spiro atoms. The van der Waals surface area contributed by atoms with Crippen LogP contribution in [0.5, 0.6) is 5.75 Å². The molecule has 160 valence electrons. The number of para-hydroxylation sites is 1. The molecule has 1 aromatic carbocycles. The van der Waals surface area contributed by atoms with Gasteiger partial charge in [0.1, 0.15) is 5.75 Å². The van der Waals surface area contributed by atoms with Crippen LogP contribution in [0, 0.1) is 0 Å². The molecule has 3 nitrogen and oxygen atoms in total. The van der Waals surface area contributed by atoms with Gasteiger partial charge in [0.05, 0.1) is 0 Å². The van der Waals surface area contributed by atoms with Crippen LogP contribution < -0.4 is 4.74 Å². The lowest BCUT2D eigenvalue weighted by Crippen LogP contribution is -2.11. The molecule has 31 heavy (non-hydrogen) atoms. The third kappa shape index (κ3) is 8.06. The van der Waals surface area contributed by atoms with Crippen molar-refractivity contribution in [1.29, 1.82) is 0 Å². The average Bonchev–Trinajstić information content (AvgIpc) is 3.06. The third-order valence-electron chi connectivity index (χ3n) is 4.64. The molecule has 0 bridgehead atoms. The van der Waals surface area contributed by atoms with Crippen LogP contribution in [-0.4, -0.2) is 11.7 Å². The molecule has 1 heterocycles. The minimum absolute atomic E-state index is 0.280. The van der Waals surface area contributed by atoms with E-state index >= 15 is 0 Å². The largest absolute Gasteiger partial charge is 0.481 e. The fourth-order valence-corrected chi connectivity index (χ4v) is 3.08. The Kier molecular flexibility index (Phi) is 10.5. The third-order valence-corrected chi connectivity index (χ3v) is 4.64. The van der Waals surface area contributed by atoms with Gasteiger partial charge in [-0.25, -0.2) is 0 Å². The number of aliphatic imine (C=N–C) groups is 1. The number of hydrogen-bond donors (Lipinski definition) is 0. The Morgan fingerprint density at radius 3 is 2.77 bits per heavy atom. The van der Waals surface area contributed by atoms with Crippen molar-refractivity contribution in [2.75, 3.05) is 0 Å². The van der Waals surface area contributed by atoms with E-state index in [0.717, 1.165) is 29.7 Å². The van der Waals surface area contributed by atoms with E-state index in [4.69, 9.17) is 4.74 Å². The van der Waals surface area contributed by atoms with Crippen LogP contribution in [0.25, 0.3) is 0 Å². The normalized spacial score (nSPS) is 14.3. The van der Waals surface area contributed by atoms with Crippen molar-refractivity contribution in [2.24, 2.45) is 4.99 Å². The summed E-state index contributed by atoms with van der Waals surface area (Å²) in [6, 6.07) is 12.0. The van der Waals surface area contributed by atoms with E-state index in [1.807, 2.05) is 55.6 Å². The molecule has 0 saturated heterocycles. The number of pyridine rings is 1. The Hall–Kier alpha value is -3.46. The maximum Gasteiger partial charge on any atom is 0.152 e. The van der Waals surface area contributed by atoms with Crippen molar-refractivity contribution in [3.8, 4) is 5.75 Å². The van der Waals surface area contributed by atoms with Crippen LogP contribution in [0.2, 0.25) is 0 Å². The van der Waals surface area contributed by atoms with Gasteiger partial charge in [-0.1, -0.05) is 79.3 Å². The summed E-state index contributed by atoms with van der Waals surface area (Å²) in [4.78, 5) is 8.14. The first-order valence-electron chi connectivity index (χ1n) is 10.6. The summed E-state index contributed by atoms with van der Waals surface area (Å²) in [5.41, 5.74) is 4.42. The highest BCUT2D eigenvalue weighted by molar-refractivity contribution is 5.39. The highest BCUT2D eigenvalue weighted by Crippen LogP contribution is 2.31. The smallest absolute Gasteiger partial charge is 0.152 e. The van der Waals surface area contributed by atoms with Crippen molar-refractivity contribution >= 4 is 6.72 Å². The topological polar surface area (TPSA) is 34.5 Å². The van der Waals surface area contributed by atoms with Crippen LogP contribution in [0.3, 0.4) is 0 Å². The number of hydrogen-bond acceptors (Lipinski definition) is 3. The summed E-state index contributed by atoms with van der Waals surface area (Å²) >= 11 is 0. The van der Waals surface area contributed by atoms with Crippen molar-refractivity contribution in [3.63, 3.8) is 0 Å². The number of aryl methyl sites for hydroxylation is 1. The van der Waals surface area contributed by atoms with Gasteiger partial charge in [-0.15, -0.1) is 0 Å². The summed E-state index contributed by atoms with van der Waals surface area (Å²) in [5, 5.41) is 0. The van der Waals surface area contributed by atoms with Gasteiger partial charge < -0.3 is 4.74 Å². The summed E-state index contributed by atoms with van der Waals surface area (Å²) in [7, 11) is 0. The summed E-state index contributed by atoms with van der Waals surface area (Å²) in [6.07, 6.45) is 21.6. The summed E-state index contributed by atoms with van der Waals surface area (Å²) < 4.78 is 6.34. The molecule has 0 fully saturated rings. The second kappa shape index (κ2) is 13.7. The Labute approximate surface area is 186 Å². The second-order valence-electron chi connectivity index (χ2n) is 7.03. The minimum Gasteiger partial charge on any atom is -0.481 e. The number of rotatable bonds is 7. The fourth-order valence-electron chi connectivity index (χ4n) is 3.08. The predicted molar refractivity (Wildman–Crippen MR) is 133 cm³/mol. The van der Waals surface area contributed by atoms with Gasteiger partial charge >= 0.3 is 0 Å². The molecule has 0 aliphatic heterocycles. The maximum absolute atomic E-state index is 6.34. The molecule has 3 rings (SSSR count). The van der Waals surface area contributed by atoms with Crippen molar-refractivity contribution in [2.45, 2.75) is 39.7 Å². The SMILES string of the molecule is C=N/C=C(\C=C/C)C(Oc1ccccc1CC)c1cccnc1.CC1=CC=CCC=C1. The highest BCUT2D eigenvalue weighted by Gasteiger charge is 2.18. The van der Waals surface area contributed by atoms with Gasteiger partial charge in [0.25, 0.3) is 0 Å². The van der Waals surface area contributed by atoms with Crippen LogP contribution in [-0.2, 0) is 6.42 Å². The van der Waals surface area contributed by atoms with Crippen molar-refractivity contribution in [1.82, 2.24) is 4.98 Å². The minimum atomic E-state index is -0.280. The molecule has 2 aromatic rings. The quantitative estimate of drug-likeness (QED) is 0.351. The van der Waals surface area contributed by atoms with Gasteiger partial charge in [0, 0.05) is 29.7 Å². The molecule has 1 aliphatic carbocycles. The lowest BCUT2D eigenvalue weighted by Gasteiger charge is -2.22. The zero-order valence-corrected chi connectivity index (χ0v) is 18.7. The van der Waals surface area contributed by atoms with E-state index < -0.39 is 0 Å². The zero-order chi connectivity index (χ0) is 22.3. The van der Waals surface area contributed by atoms with Crippen LogP contribution in [0.1, 0.15) is 44.4 Å². The Morgan fingerprint density at radius 2 is 2.06 bits per heavy atom. The number of benzene rings is 1. The summed E-state index contributed by atoms with van der Waals surface area (Å²) in [6.45, 7) is 9.76. The van der Waals surface area contributed by atoms with E-state index in [-0.39, 0.29) is 6.10 Å². The molecule has 1 unspecified atom stereocenters. The molecular formula is C28H32N2O. The maximum atomic E-state index is 6.34. The number of allylic oxidation sites excluding steroid dienone is 7. The summed E-state index contributed by atoms with van der Waals surface area (Å²) in [5.74, 6) is 0.878. The molecule has 3 heteroatoms. The molecule has 0 amide bonds. The second-order valence-corrected chi connectivity index (χ2v) is 7.03. The molecule has 1 atom stereocenters. The van der Waals surface area contributed by atoms with Crippen LogP contribution in [0.15, 0.2) is 114 Å². The standard InChI is InChI=1S/C20H22N2O.C8H10/c1-4-9-17(14-21-3)20(18-11-8-13-22-15-18)23-19-12-7-6-10-16(19)5-2;1-8-6-4-2-3-5-7-8/h4,6-15,20H,3,5H2,1-2H3;2,4-7H,3H2,1H3/b9-4-,17-14+;. The number of nitrogens with zero attached hydrogens (tertiary/aromatic N) is 2. The molecular weight excluding hydrogens is 380 g/mol. The van der Waals surface area contributed by atoms with Gasteiger partial charge in [0.2, 0.25) is 0 Å². The van der Waals surface area contributed by atoms with Crippen molar-refractivity contribution < 1.29 is 4.74 Å². The van der Waals surface area contributed by atoms with Crippen molar-refractivity contribution in [3.05, 3.63) is 120 Å². The first-order chi connectivity index (χ1) is 15.2. The van der Waals surface area contributed by atoms with Gasteiger partial charge in [-0.2, -0.15) is 0 Å². The van der Waals surface area contributed by atoms with E-state index in [9.17, 15) is 0 Å². The molecule has 0 radical (unpaired) electrons. The zero-order valence-electron chi connectivity index (χ0n) is 18.7. The van der Waals surface area contributed by atoms with E-state index in [0.29, 0.717) is 0 Å². The van der Waals surface area contributed by atoms with Gasteiger partial charge in [-0.05, 0) is 51.1 Å². The Balaban J connectivity index is 0.000000357. The first-order valence-corrected chi connectivity index (χ1v) is 10.6. The number of ether oxygens (including phenoxy) is 1. The van der Waals surface area contributed by atoms with Crippen LogP contribution >= 0.6 is 0 Å². The lowest BCUT2D eigenvalue weighted by atomic mass is 10.0. The molecule has 0 N–H and O–H groups in total. The average molecular weight is 413 g/mol. The van der Waals surface area contributed by atoms with E-state index in [1.165, 1.54) is 11.1 Å². The van der Waals surface area contributed by atoms with E-state index in [2.05, 4.69) is 67.0 Å². The Bertz CT molecular complexity index is 966. The molecule has 1 aliphatic rings. The monoisotopic (exact) mass is 412 g/mol. The molecule has 1 aromatic heterocycles. The highest BCUT2D eigenvalue weighted by atomic mass is 16.5. The predicted octanol–water partition coefficient (Wildman–Crippen LogP) is 7.37.